The van der Waals surface area contributed by atoms with E-state index in [1.165, 1.54) is 12.1 Å². The largest absolute Gasteiger partial charge is 0.475 e. The second-order valence-electron chi connectivity index (χ2n) is 12.5. The maximum absolute atomic E-state index is 14.3. The second kappa shape index (κ2) is 12.8. The zero-order valence-corrected chi connectivity index (χ0v) is 27.4. The van der Waals surface area contributed by atoms with Crippen molar-refractivity contribution < 1.29 is 17.9 Å². The van der Waals surface area contributed by atoms with E-state index in [1.54, 1.807) is 23.1 Å². The maximum Gasteiger partial charge on any atom is 0.264 e. The number of carbonyl (C=O) groups is 1. The van der Waals surface area contributed by atoms with Gasteiger partial charge in [-0.1, -0.05) is 51.1 Å². The number of rotatable bonds is 6. The second-order valence-corrected chi connectivity index (χ2v) is 14.2. The summed E-state index contributed by atoms with van der Waals surface area (Å²) >= 11 is 0. The van der Waals surface area contributed by atoms with Crippen LogP contribution in [0, 0.1) is 19.3 Å². The Labute approximate surface area is 265 Å². The number of nitrogens with one attached hydrogen (secondary N) is 2. The molecule has 0 saturated carbocycles. The van der Waals surface area contributed by atoms with Gasteiger partial charge in [-0.3, -0.25) is 4.79 Å². The lowest BCUT2D eigenvalue weighted by Crippen LogP contribution is -2.45. The van der Waals surface area contributed by atoms with E-state index in [2.05, 4.69) is 40.8 Å². The molecular formula is C34H40N6O4S. The van der Waals surface area contributed by atoms with Crippen molar-refractivity contribution >= 4 is 27.7 Å². The molecule has 1 atom stereocenters. The Kier molecular flexibility index (Phi) is 9.11. The zero-order valence-electron chi connectivity index (χ0n) is 26.6. The van der Waals surface area contributed by atoms with Crippen LogP contribution in [0.2, 0.25) is 0 Å². The predicted octanol–water partition coefficient (Wildman–Crippen LogP) is 6.23. The molecule has 2 aromatic heterocycles. The normalized spacial score (nSPS) is 16.4. The molecule has 3 heterocycles. The molecule has 0 fully saturated rings. The molecule has 0 aliphatic carbocycles. The highest BCUT2D eigenvalue weighted by atomic mass is 32.2. The SMILES string of the molecule is CCNc1cccc(CN2C(=O)c3cccc(c3)S(=O)(=O)Nc3nc(cc(-c4c(C)cccc4C)n3)OC[C@H]2CC(C)(C)C)n1. The minimum atomic E-state index is -4.15. The van der Waals surface area contributed by atoms with Crippen molar-refractivity contribution in [1.82, 2.24) is 19.9 Å². The molecule has 11 heteroatoms. The van der Waals surface area contributed by atoms with Crippen molar-refractivity contribution in [3.8, 4) is 17.1 Å². The molecule has 0 unspecified atom stereocenters. The fourth-order valence-electron chi connectivity index (χ4n) is 5.57. The Hall–Kier alpha value is -4.51. The number of hydrogen-bond acceptors (Lipinski definition) is 8. The summed E-state index contributed by atoms with van der Waals surface area (Å²) in [5.74, 6) is 0.470. The third-order valence-corrected chi connectivity index (χ3v) is 8.85. The lowest BCUT2D eigenvalue weighted by Gasteiger charge is -2.35. The first-order chi connectivity index (χ1) is 21.3. The third kappa shape index (κ3) is 7.59. The van der Waals surface area contributed by atoms with E-state index in [0.29, 0.717) is 30.2 Å². The first-order valence-corrected chi connectivity index (χ1v) is 16.5. The smallest absolute Gasteiger partial charge is 0.264 e. The van der Waals surface area contributed by atoms with E-state index >= 15 is 0 Å². The van der Waals surface area contributed by atoms with E-state index in [1.807, 2.05) is 57.2 Å². The molecule has 1 aliphatic rings. The number of sulfonamides is 1. The third-order valence-electron chi connectivity index (χ3n) is 7.53. The van der Waals surface area contributed by atoms with Crippen LogP contribution in [-0.2, 0) is 16.6 Å². The van der Waals surface area contributed by atoms with Gasteiger partial charge in [0.2, 0.25) is 11.8 Å². The minimum Gasteiger partial charge on any atom is -0.475 e. The summed E-state index contributed by atoms with van der Waals surface area (Å²) in [5, 5.41) is 3.23. The number of fused-ring (bicyclic) bond motifs is 4. The highest BCUT2D eigenvalue weighted by Crippen LogP contribution is 2.31. The first kappa shape index (κ1) is 31.9. The summed E-state index contributed by atoms with van der Waals surface area (Å²) < 4.78 is 36.1. The van der Waals surface area contributed by atoms with E-state index in [4.69, 9.17) is 9.72 Å². The molecule has 2 aromatic carbocycles. The van der Waals surface area contributed by atoms with Gasteiger partial charge in [-0.25, -0.2) is 23.1 Å². The van der Waals surface area contributed by atoms with Crippen LogP contribution >= 0.6 is 0 Å². The molecule has 10 nitrogen and oxygen atoms in total. The Morgan fingerprint density at radius 2 is 1.69 bits per heavy atom. The molecule has 1 amide bonds. The zero-order chi connectivity index (χ0) is 32.4. The van der Waals surface area contributed by atoms with E-state index in [-0.39, 0.29) is 46.8 Å². The van der Waals surface area contributed by atoms with Gasteiger partial charge < -0.3 is 15.0 Å². The molecule has 45 heavy (non-hydrogen) atoms. The Morgan fingerprint density at radius 1 is 0.978 bits per heavy atom. The average molecular weight is 629 g/mol. The van der Waals surface area contributed by atoms with Crippen LogP contribution in [0.25, 0.3) is 11.3 Å². The number of amides is 1. The number of aromatic nitrogens is 3. The number of benzene rings is 2. The summed E-state index contributed by atoms with van der Waals surface area (Å²) in [6.45, 7) is 13.3. The molecular weight excluding hydrogens is 588 g/mol. The van der Waals surface area contributed by atoms with Crippen molar-refractivity contribution in [2.45, 2.75) is 65.4 Å². The number of ether oxygens (including phenoxy) is 1. The van der Waals surface area contributed by atoms with Gasteiger partial charge in [0.1, 0.15) is 12.4 Å². The quantitative estimate of drug-likeness (QED) is 0.258. The van der Waals surface area contributed by atoms with Crippen LogP contribution in [-0.4, -0.2) is 53.4 Å². The Bertz CT molecular complexity index is 1800. The minimum absolute atomic E-state index is 0.0734. The molecule has 0 radical (unpaired) electrons. The van der Waals surface area contributed by atoms with Gasteiger partial charge in [-0.05, 0) is 74.1 Å². The van der Waals surface area contributed by atoms with E-state index in [9.17, 15) is 13.2 Å². The summed E-state index contributed by atoms with van der Waals surface area (Å²) in [5.41, 5.74) is 4.11. The number of hydrogen-bond donors (Lipinski definition) is 2. The molecule has 2 N–H and O–H groups in total. The number of nitrogens with zero attached hydrogens (tertiary/aromatic N) is 4. The molecule has 4 bridgehead atoms. The lowest BCUT2D eigenvalue weighted by atomic mass is 9.87. The maximum atomic E-state index is 14.3. The van der Waals surface area contributed by atoms with Crippen LogP contribution in [0.15, 0.2) is 71.6 Å². The average Bonchev–Trinajstić information content (AvgIpc) is 2.97. The number of aryl methyl sites for hydroxylation is 2. The standard InChI is InChI=1S/C34H40N6O4S/c1-7-35-29-16-10-14-25(36-29)20-40-26(19-34(4,5)6)21-44-30-18-28(31-22(2)11-8-12-23(31)3)37-33(38-30)39-45(42,43)27-15-9-13-24(17-27)32(40)41/h8-18,26H,7,19-21H2,1-6H3,(H,35,36)(H,37,38,39)/t26-/m1/s1. The summed E-state index contributed by atoms with van der Waals surface area (Å²) in [4.78, 5) is 29.8. The number of carbonyl (C=O) groups excluding carboxylic acids is 1. The van der Waals surface area contributed by atoms with E-state index in [0.717, 1.165) is 16.7 Å². The van der Waals surface area contributed by atoms with E-state index < -0.39 is 16.1 Å². The van der Waals surface area contributed by atoms with Gasteiger partial charge in [0.25, 0.3) is 15.9 Å². The molecule has 5 rings (SSSR count). The van der Waals surface area contributed by atoms with Crippen LogP contribution in [0.5, 0.6) is 5.88 Å². The highest BCUT2D eigenvalue weighted by Gasteiger charge is 2.32. The van der Waals surface area contributed by atoms with Crippen molar-refractivity contribution in [2.75, 3.05) is 23.2 Å². The van der Waals surface area contributed by atoms with Crippen molar-refractivity contribution in [3.63, 3.8) is 0 Å². The van der Waals surface area contributed by atoms with Crippen molar-refractivity contribution in [2.24, 2.45) is 5.41 Å². The summed E-state index contributed by atoms with van der Waals surface area (Å²) in [7, 11) is -4.15. The lowest BCUT2D eigenvalue weighted by molar-refractivity contribution is 0.0509. The van der Waals surface area contributed by atoms with Gasteiger partial charge in [-0.2, -0.15) is 4.98 Å². The van der Waals surface area contributed by atoms with Crippen molar-refractivity contribution in [1.29, 1.82) is 0 Å². The van der Waals surface area contributed by atoms with Gasteiger partial charge in [0, 0.05) is 23.7 Å². The fourth-order valence-corrected chi connectivity index (χ4v) is 6.56. The first-order valence-electron chi connectivity index (χ1n) is 15.0. The van der Waals surface area contributed by atoms with Crippen LogP contribution in [0.1, 0.15) is 61.3 Å². The fraction of sp³-hybridized carbons (Fsp3) is 0.353. The number of pyridine rings is 1. The van der Waals surface area contributed by atoms with Crippen LogP contribution in [0.4, 0.5) is 11.8 Å². The summed E-state index contributed by atoms with van der Waals surface area (Å²) in [6, 6.07) is 18.9. The van der Waals surface area contributed by atoms with Crippen molar-refractivity contribution in [3.05, 3.63) is 89.1 Å². The molecule has 4 aromatic rings. The van der Waals surface area contributed by atoms with Gasteiger partial charge >= 0.3 is 0 Å². The Balaban J connectivity index is 1.67. The number of anilines is 2. The van der Waals surface area contributed by atoms with Gasteiger partial charge in [0.15, 0.2) is 0 Å². The molecule has 236 valence electrons. The van der Waals surface area contributed by atoms with Crippen LogP contribution in [0.3, 0.4) is 0 Å². The topological polar surface area (TPSA) is 126 Å². The predicted molar refractivity (Wildman–Crippen MR) is 176 cm³/mol. The van der Waals surface area contributed by atoms with Gasteiger partial charge in [0.05, 0.1) is 28.9 Å². The monoisotopic (exact) mass is 628 g/mol. The molecule has 1 aliphatic heterocycles. The Morgan fingerprint density at radius 3 is 2.40 bits per heavy atom. The van der Waals surface area contributed by atoms with Gasteiger partial charge in [-0.15, -0.1) is 0 Å². The highest BCUT2D eigenvalue weighted by molar-refractivity contribution is 7.92. The molecule has 0 spiro atoms. The summed E-state index contributed by atoms with van der Waals surface area (Å²) in [6.07, 6.45) is 0.601. The van der Waals surface area contributed by atoms with Crippen LogP contribution < -0.4 is 14.8 Å². The molecule has 0 saturated heterocycles.